The number of hydrogen-bond acceptors (Lipinski definition) is 6. The van der Waals surface area contributed by atoms with Gasteiger partial charge in [0, 0.05) is 49.2 Å². The van der Waals surface area contributed by atoms with Crippen LogP contribution in [-0.4, -0.2) is 47.3 Å². The number of carbonyl (C=O) groups is 1. The van der Waals surface area contributed by atoms with Crippen molar-refractivity contribution in [1.82, 2.24) is 10.3 Å². The second-order valence-corrected chi connectivity index (χ2v) is 8.90. The molecule has 0 amide bonds. The predicted molar refractivity (Wildman–Crippen MR) is 130 cm³/mol. The summed E-state index contributed by atoms with van der Waals surface area (Å²) in [5, 5.41) is 25.4. The Kier molecular flexibility index (Phi) is 7.59. The van der Waals surface area contributed by atoms with Crippen LogP contribution in [0.15, 0.2) is 48.7 Å². The number of benzene rings is 1. The zero-order valence-corrected chi connectivity index (χ0v) is 18.8. The van der Waals surface area contributed by atoms with Gasteiger partial charge in [-0.15, -0.1) is 0 Å². The van der Waals surface area contributed by atoms with Crippen LogP contribution in [-0.2, 0) is 4.79 Å². The van der Waals surface area contributed by atoms with Gasteiger partial charge in [-0.1, -0.05) is 12.8 Å². The molecule has 4 rings (SSSR count). The fourth-order valence-corrected chi connectivity index (χ4v) is 4.89. The number of piperidine rings is 1. The van der Waals surface area contributed by atoms with E-state index in [0.29, 0.717) is 17.6 Å². The molecule has 1 aromatic heterocycles. The highest BCUT2D eigenvalue weighted by Crippen LogP contribution is 2.25. The molecule has 3 N–H and O–H groups in total. The molecule has 2 aromatic rings. The maximum absolute atomic E-state index is 10.8. The van der Waals surface area contributed by atoms with E-state index < -0.39 is 5.97 Å². The molecular weight excluding hydrogens is 414 g/mol. The Balaban J connectivity index is 1.38. The smallest absolute Gasteiger partial charge is 0.328 e. The molecule has 0 radical (unpaired) electrons. The highest BCUT2D eigenvalue weighted by atomic mass is 16.4. The zero-order chi connectivity index (χ0) is 23.0. The molecule has 0 spiro atoms. The second-order valence-electron chi connectivity index (χ2n) is 8.90. The fraction of sp³-hybridized carbons (Fsp3) is 0.423. The number of nitrogens with zero attached hydrogens (tertiary/aromatic N) is 3. The van der Waals surface area contributed by atoms with E-state index in [1.165, 1.54) is 18.5 Å². The number of nitrogens with one attached hydrogen (secondary N) is 2. The van der Waals surface area contributed by atoms with E-state index in [1.54, 1.807) is 18.3 Å². The molecule has 1 saturated carbocycles. The summed E-state index contributed by atoms with van der Waals surface area (Å²) in [6.07, 6.45) is 11.4. The molecule has 7 nitrogen and oxygen atoms in total. The molecule has 1 saturated heterocycles. The van der Waals surface area contributed by atoms with Gasteiger partial charge in [0.2, 0.25) is 0 Å². The number of nitriles is 1. The summed E-state index contributed by atoms with van der Waals surface area (Å²) in [7, 11) is 0. The van der Waals surface area contributed by atoms with Crippen molar-refractivity contribution in [2.45, 2.75) is 56.7 Å². The molecule has 2 aliphatic rings. The molecule has 7 heteroatoms. The van der Waals surface area contributed by atoms with Crippen molar-refractivity contribution in [1.29, 1.82) is 5.26 Å². The van der Waals surface area contributed by atoms with Crippen molar-refractivity contribution in [2.24, 2.45) is 0 Å². The van der Waals surface area contributed by atoms with Gasteiger partial charge >= 0.3 is 5.97 Å². The first-order valence-electron chi connectivity index (χ1n) is 11.8. The van der Waals surface area contributed by atoms with E-state index >= 15 is 0 Å². The normalized spacial score (nSPS) is 23.2. The summed E-state index contributed by atoms with van der Waals surface area (Å²) in [6.45, 7) is 2.00. The van der Waals surface area contributed by atoms with Gasteiger partial charge in [0.15, 0.2) is 0 Å². The van der Waals surface area contributed by atoms with Crippen LogP contribution < -0.4 is 15.5 Å². The summed E-state index contributed by atoms with van der Waals surface area (Å²) in [5.74, 6) is -0.176. The lowest BCUT2D eigenvalue weighted by Gasteiger charge is -2.40. The Hall–Kier alpha value is -3.37. The van der Waals surface area contributed by atoms with Gasteiger partial charge in [-0.25, -0.2) is 9.78 Å². The van der Waals surface area contributed by atoms with E-state index in [4.69, 9.17) is 10.4 Å². The van der Waals surface area contributed by atoms with Gasteiger partial charge in [0.05, 0.1) is 11.6 Å². The predicted octanol–water partition coefficient (Wildman–Crippen LogP) is 4.03. The Morgan fingerprint density at radius 1 is 1.12 bits per heavy atom. The number of carboxylic acid groups (broad SMARTS) is 1. The molecule has 0 bridgehead atoms. The quantitative estimate of drug-likeness (QED) is 0.553. The van der Waals surface area contributed by atoms with Crippen LogP contribution in [0.5, 0.6) is 0 Å². The zero-order valence-electron chi connectivity index (χ0n) is 18.8. The van der Waals surface area contributed by atoms with E-state index in [0.717, 1.165) is 56.2 Å². The molecule has 0 unspecified atom stereocenters. The summed E-state index contributed by atoms with van der Waals surface area (Å²) in [6, 6.07) is 14.8. The molecule has 2 heterocycles. The number of rotatable bonds is 7. The van der Waals surface area contributed by atoms with Gasteiger partial charge in [-0.3, -0.25) is 0 Å². The molecule has 1 aliphatic carbocycles. The molecule has 33 heavy (non-hydrogen) atoms. The number of carboxylic acids is 1. The summed E-state index contributed by atoms with van der Waals surface area (Å²) in [5.41, 5.74) is 2.69. The van der Waals surface area contributed by atoms with Crippen molar-refractivity contribution in [3.63, 3.8) is 0 Å². The Bertz CT molecular complexity index is 1010. The van der Waals surface area contributed by atoms with Crippen LogP contribution in [0.25, 0.3) is 6.08 Å². The molecule has 172 valence electrons. The average molecular weight is 446 g/mol. The Morgan fingerprint density at radius 3 is 2.67 bits per heavy atom. The van der Waals surface area contributed by atoms with Crippen molar-refractivity contribution in [3.8, 4) is 6.07 Å². The van der Waals surface area contributed by atoms with Crippen molar-refractivity contribution in [2.75, 3.05) is 23.3 Å². The fourth-order valence-electron chi connectivity index (χ4n) is 4.89. The molecule has 1 aromatic carbocycles. The standard InChI is InChI=1S/C26H31N5O2/c27-17-20-7-10-22(11-8-20)31-15-3-4-21(18-31)29-23-5-1-2-6-24(23)30-25-16-19(13-14-28-25)9-12-26(32)33/h7-14,16,21,23-24,29H,1-6,15,18H2,(H,28,30)(H,32,33)/b12-9-/t21-,23+,24+/m0/s1. The number of pyridine rings is 1. The average Bonchev–Trinajstić information content (AvgIpc) is 2.84. The lowest BCUT2D eigenvalue weighted by Crippen LogP contribution is -2.55. The Labute approximate surface area is 195 Å². The largest absolute Gasteiger partial charge is 0.478 e. The minimum atomic E-state index is -0.958. The monoisotopic (exact) mass is 445 g/mol. The summed E-state index contributed by atoms with van der Waals surface area (Å²) < 4.78 is 0. The number of aromatic nitrogens is 1. The van der Waals surface area contributed by atoms with E-state index in [1.807, 2.05) is 30.3 Å². The third kappa shape index (κ3) is 6.33. The lowest BCUT2D eigenvalue weighted by molar-refractivity contribution is -0.131. The van der Waals surface area contributed by atoms with E-state index in [-0.39, 0.29) is 6.04 Å². The first kappa shape index (κ1) is 22.8. The van der Waals surface area contributed by atoms with Gasteiger partial charge in [0.25, 0.3) is 0 Å². The maximum atomic E-state index is 10.8. The van der Waals surface area contributed by atoms with Crippen molar-refractivity contribution in [3.05, 3.63) is 59.8 Å². The van der Waals surface area contributed by atoms with Gasteiger partial charge in [0.1, 0.15) is 5.82 Å². The highest BCUT2D eigenvalue weighted by molar-refractivity contribution is 5.85. The number of hydrogen-bond donors (Lipinski definition) is 3. The van der Waals surface area contributed by atoms with Crippen LogP contribution >= 0.6 is 0 Å². The van der Waals surface area contributed by atoms with Crippen molar-refractivity contribution < 1.29 is 9.90 Å². The minimum Gasteiger partial charge on any atom is -0.478 e. The summed E-state index contributed by atoms with van der Waals surface area (Å²) >= 11 is 0. The molecular formula is C26H31N5O2. The van der Waals surface area contributed by atoms with E-state index in [9.17, 15) is 4.79 Å². The first-order chi connectivity index (χ1) is 16.1. The Morgan fingerprint density at radius 2 is 1.91 bits per heavy atom. The molecule has 3 atom stereocenters. The van der Waals surface area contributed by atoms with Crippen LogP contribution in [0.1, 0.15) is 49.7 Å². The number of aliphatic carboxylic acids is 1. The second kappa shape index (κ2) is 11.0. The van der Waals surface area contributed by atoms with Crippen LogP contribution in [0.2, 0.25) is 0 Å². The van der Waals surface area contributed by atoms with Crippen molar-refractivity contribution >= 4 is 23.6 Å². The number of anilines is 2. The topological polar surface area (TPSA) is 101 Å². The SMILES string of the molecule is N#Cc1ccc(N2CCC[C@H](N[C@@H]3CCCC[C@H]3Nc3cc(/C=C\C(=O)O)ccn3)C2)cc1. The maximum Gasteiger partial charge on any atom is 0.328 e. The van der Waals surface area contributed by atoms with Crippen LogP contribution in [0.4, 0.5) is 11.5 Å². The summed E-state index contributed by atoms with van der Waals surface area (Å²) in [4.78, 5) is 17.7. The highest BCUT2D eigenvalue weighted by Gasteiger charge is 2.29. The lowest BCUT2D eigenvalue weighted by atomic mass is 9.89. The third-order valence-corrected chi connectivity index (χ3v) is 6.53. The molecule has 2 fully saturated rings. The van der Waals surface area contributed by atoms with Crippen LogP contribution in [0, 0.1) is 11.3 Å². The minimum absolute atomic E-state index is 0.287. The van der Waals surface area contributed by atoms with Gasteiger partial charge in [-0.2, -0.15) is 5.26 Å². The van der Waals surface area contributed by atoms with Gasteiger partial charge < -0.3 is 20.6 Å². The third-order valence-electron chi connectivity index (χ3n) is 6.53. The first-order valence-corrected chi connectivity index (χ1v) is 11.8. The molecule has 1 aliphatic heterocycles. The van der Waals surface area contributed by atoms with Crippen LogP contribution in [0.3, 0.4) is 0 Å². The van der Waals surface area contributed by atoms with Gasteiger partial charge in [-0.05, 0) is 73.7 Å². The van der Waals surface area contributed by atoms with E-state index in [2.05, 4.69) is 26.6 Å².